The van der Waals surface area contributed by atoms with Gasteiger partial charge in [0.05, 0.1) is 16.8 Å². The molecular weight excluding hydrogens is 299 g/mol. The maximum Gasteiger partial charge on any atom is 0.167 e. The van der Waals surface area contributed by atoms with Gasteiger partial charge in [-0.3, -0.25) is 0 Å². The van der Waals surface area contributed by atoms with Crippen LogP contribution in [0.15, 0.2) is 35.0 Å². The first-order valence-electron chi connectivity index (χ1n) is 6.88. The number of nitrogens with zero attached hydrogens (tertiary/aromatic N) is 2. The number of hydrogen-bond donors (Lipinski definition) is 2. The van der Waals surface area contributed by atoms with Crippen LogP contribution in [0.5, 0.6) is 11.5 Å². The molecule has 23 heavy (non-hydrogen) atoms. The van der Waals surface area contributed by atoms with E-state index < -0.39 is 5.82 Å². The predicted octanol–water partition coefficient (Wildman–Crippen LogP) is 3.45. The Hall–Kier alpha value is -3.09. The molecule has 3 aromatic rings. The third-order valence-corrected chi connectivity index (χ3v) is 3.40. The highest BCUT2D eigenvalue weighted by atomic mass is 19.1. The topological polar surface area (TPSA) is 100 Å². The van der Waals surface area contributed by atoms with Crippen molar-refractivity contribution in [2.45, 2.75) is 13.8 Å². The highest BCUT2D eigenvalue weighted by Crippen LogP contribution is 2.40. The molecule has 0 saturated carbocycles. The summed E-state index contributed by atoms with van der Waals surface area (Å²) in [7, 11) is 0. The second-order valence-electron chi connectivity index (χ2n) is 5.06. The van der Waals surface area contributed by atoms with Crippen LogP contribution < -0.4 is 16.2 Å². The monoisotopic (exact) mass is 314 g/mol. The number of rotatable bonds is 3. The molecule has 0 amide bonds. The Morgan fingerprint density at radius 2 is 1.87 bits per heavy atom. The van der Waals surface area contributed by atoms with E-state index in [1.165, 1.54) is 18.3 Å². The van der Waals surface area contributed by atoms with E-state index in [1.807, 2.05) is 0 Å². The van der Waals surface area contributed by atoms with Crippen LogP contribution in [0.3, 0.4) is 0 Å². The predicted molar refractivity (Wildman–Crippen MR) is 84.5 cm³/mol. The Balaban J connectivity index is 2.12. The van der Waals surface area contributed by atoms with Gasteiger partial charge in [-0.1, -0.05) is 5.16 Å². The minimum absolute atomic E-state index is 0.0396. The number of aryl methyl sites for hydroxylation is 2. The van der Waals surface area contributed by atoms with Crippen molar-refractivity contribution in [3.63, 3.8) is 0 Å². The SMILES string of the molecule is Cc1noc(C)c1-c1c(Oc2ccc(N)cc2F)ccnc1N. The lowest BCUT2D eigenvalue weighted by Gasteiger charge is -2.13. The number of halogens is 1. The lowest BCUT2D eigenvalue weighted by Crippen LogP contribution is -1.99. The summed E-state index contributed by atoms with van der Waals surface area (Å²) in [6.45, 7) is 3.54. The van der Waals surface area contributed by atoms with Crippen molar-refractivity contribution < 1.29 is 13.7 Å². The molecule has 0 saturated heterocycles. The van der Waals surface area contributed by atoms with Gasteiger partial charge in [-0.15, -0.1) is 0 Å². The number of benzene rings is 1. The molecule has 0 unspecified atom stereocenters. The number of nitrogen functional groups attached to an aromatic ring is 2. The van der Waals surface area contributed by atoms with E-state index in [0.29, 0.717) is 34.0 Å². The molecule has 0 radical (unpaired) electrons. The molecular formula is C16H15FN4O2. The normalized spacial score (nSPS) is 10.7. The molecule has 118 valence electrons. The van der Waals surface area contributed by atoms with Crippen molar-refractivity contribution in [3.05, 3.63) is 47.7 Å². The molecule has 3 rings (SSSR count). The van der Waals surface area contributed by atoms with Crippen molar-refractivity contribution in [1.82, 2.24) is 10.1 Å². The van der Waals surface area contributed by atoms with Crippen molar-refractivity contribution in [1.29, 1.82) is 0 Å². The number of hydrogen-bond acceptors (Lipinski definition) is 6. The van der Waals surface area contributed by atoms with Crippen LogP contribution in [-0.4, -0.2) is 10.1 Å². The van der Waals surface area contributed by atoms with E-state index in [1.54, 1.807) is 26.0 Å². The fourth-order valence-corrected chi connectivity index (χ4v) is 2.35. The second-order valence-corrected chi connectivity index (χ2v) is 5.06. The van der Waals surface area contributed by atoms with Crippen LogP contribution in [0.4, 0.5) is 15.9 Å². The van der Waals surface area contributed by atoms with E-state index in [4.69, 9.17) is 20.7 Å². The van der Waals surface area contributed by atoms with E-state index >= 15 is 0 Å². The number of anilines is 2. The van der Waals surface area contributed by atoms with Gasteiger partial charge in [0.15, 0.2) is 11.6 Å². The highest BCUT2D eigenvalue weighted by molar-refractivity contribution is 5.82. The fourth-order valence-electron chi connectivity index (χ4n) is 2.35. The number of ether oxygens (including phenoxy) is 1. The van der Waals surface area contributed by atoms with Gasteiger partial charge in [0.1, 0.15) is 17.3 Å². The standard InChI is InChI=1S/C16H15FN4O2/c1-8-14(9(2)23-21-8)15-13(5-6-20-16(15)19)22-12-4-3-10(18)7-11(12)17/h3-7H,18H2,1-2H3,(H2,19,20). The van der Waals surface area contributed by atoms with Gasteiger partial charge >= 0.3 is 0 Å². The number of pyridine rings is 1. The molecule has 0 atom stereocenters. The van der Waals surface area contributed by atoms with E-state index in [9.17, 15) is 4.39 Å². The third-order valence-electron chi connectivity index (χ3n) is 3.40. The maximum absolute atomic E-state index is 14.0. The Labute approximate surface area is 131 Å². The van der Waals surface area contributed by atoms with Crippen LogP contribution in [0, 0.1) is 19.7 Å². The van der Waals surface area contributed by atoms with Crippen LogP contribution in [0.2, 0.25) is 0 Å². The van der Waals surface area contributed by atoms with E-state index in [2.05, 4.69) is 10.1 Å². The molecule has 2 heterocycles. The zero-order valence-electron chi connectivity index (χ0n) is 12.6. The van der Waals surface area contributed by atoms with Crippen molar-refractivity contribution in [2.75, 3.05) is 11.5 Å². The van der Waals surface area contributed by atoms with Gasteiger partial charge in [-0.2, -0.15) is 0 Å². The van der Waals surface area contributed by atoms with E-state index in [-0.39, 0.29) is 11.6 Å². The van der Waals surface area contributed by atoms with Crippen molar-refractivity contribution in [3.8, 4) is 22.6 Å². The average Bonchev–Trinajstić information content (AvgIpc) is 2.82. The Morgan fingerprint density at radius 1 is 1.09 bits per heavy atom. The summed E-state index contributed by atoms with van der Waals surface area (Å²) in [6, 6.07) is 5.81. The summed E-state index contributed by atoms with van der Waals surface area (Å²) < 4.78 is 24.8. The molecule has 4 N–H and O–H groups in total. The molecule has 0 aliphatic rings. The van der Waals surface area contributed by atoms with Gasteiger partial charge in [-0.05, 0) is 32.0 Å². The highest BCUT2D eigenvalue weighted by Gasteiger charge is 2.20. The van der Waals surface area contributed by atoms with Gasteiger partial charge in [0, 0.05) is 18.0 Å². The number of aromatic nitrogens is 2. The summed E-state index contributed by atoms with van der Waals surface area (Å²) in [5.74, 6) is 0.649. The first-order valence-corrected chi connectivity index (χ1v) is 6.88. The summed E-state index contributed by atoms with van der Waals surface area (Å²) >= 11 is 0. The molecule has 0 spiro atoms. The summed E-state index contributed by atoms with van der Waals surface area (Å²) in [6.07, 6.45) is 1.49. The lowest BCUT2D eigenvalue weighted by atomic mass is 10.0. The van der Waals surface area contributed by atoms with Gasteiger partial charge in [0.2, 0.25) is 0 Å². The number of nitrogens with two attached hydrogens (primary N) is 2. The molecule has 1 aromatic carbocycles. The van der Waals surface area contributed by atoms with Crippen LogP contribution in [-0.2, 0) is 0 Å². The third kappa shape index (κ3) is 2.68. The molecule has 0 aliphatic carbocycles. The largest absolute Gasteiger partial charge is 0.453 e. The van der Waals surface area contributed by atoms with Crippen molar-refractivity contribution >= 4 is 11.5 Å². The second kappa shape index (κ2) is 5.60. The Morgan fingerprint density at radius 3 is 2.52 bits per heavy atom. The molecule has 0 bridgehead atoms. The van der Waals surface area contributed by atoms with Crippen molar-refractivity contribution in [2.24, 2.45) is 0 Å². The smallest absolute Gasteiger partial charge is 0.167 e. The molecule has 6 nitrogen and oxygen atoms in total. The van der Waals surface area contributed by atoms with Crippen LogP contribution >= 0.6 is 0 Å². The zero-order valence-corrected chi connectivity index (χ0v) is 12.6. The summed E-state index contributed by atoms with van der Waals surface area (Å²) in [4.78, 5) is 4.07. The molecule has 0 aliphatic heterocycles. The zero-order chi connectivity index (χ0) is 16.6. The van der Waals surface area contributed by atoms with Gasteiger partial charge in [0.25, 0.3) is 0 Å². The van der Waals surface area contributed by atoms with Crippen LogP contribution in [0.1, 0.15) is 11.5 Å². The Kier molecular flexibility index (Phi) is 3.61. The molecule has 7 heteroatoms. The van der Waals surface area contributed by atoms with Crippen LogP contribution in [0.25, 0.3) is 11.1 Å². The summed E-state index contributed by atoms with van der Waals surface area (Å²) in [5, 5.41) is 3.91. The molecule has 0 fully saturated rings. The minimum Gasteiger partial charge on any atom is -0.453 e. The lowest BCUT2D eigenvalue weighted by molar-refractivity contribution is 0.393. The Bertz CT molecular complexity index is 857. The van der Waals surface area contributed by atoms with Gasteiger partial charge < -0.3 is 20.7 Å². The first-order chi connectivity index (χ1) is 11.0. The molecule has 2 aromatic heterocycles. The first kappa shape index (κ1) is 14.8. The summed E-state index contributed by atoms with van der Waals surface area (Å²) in [5.41, 5.74) is 13.7. The fraction of sp³-hybridized carbons (Fsp3) is 0.125. The maximum atomic E-state index is 14.0. The van der Waals surface area contributed by atoms with E-state index in [0.717, 1.165) is 0 Å². The minimum atomic E-state index is -0.565. The quantitative estimate of drug-likeness (QED) is 0.718. The van der Waals surface area contributed by atoms with Gasteiger partial charge in [-0.25, -0.2) is 9.37 Å². The average molecular weight is 314 g/mol.